The van der Waals surface area contributed by atoms with Crippen molar-refractivity contribution in [2.75, 3.05) is 31.3 Å². The highest BCUT2D eigenvalue weighted by Gasteiger charge is 2.18. The van der Waals surface area contributed by atoms with Crippen molar-refractivity contribution < 1.29 is 18.6 Å². The first-order valence-electron chi connectivity index (χ1n) is 5.70. The SMILES string of the molecule is COCCn1c(N)c(NCC(O)C(F)F)c(=O)[nH]c1=O. The number of nitrogens with one attached hydrogen (secondary N) is 2. The van der Waals surface area contributed by atoms with Crippen molar-refractivity contribution in [3.63, 3.8) is 0 Å². The Hall–Kier alpha value is -1.94. The van der Waals surface area contributed by atoms with Gasteiger partial charge in [0, 0.05) is 13.7 Å². The number of nitrogens with two attached hydrogens (primary N) is 1. The summed E-state index contributed by atoms with van der Waals surface area (Å²) in [5.41, 5.74) is 3.82. The van der Waals surface area contributed by atoms with Crippen molar-refractivity contribution in [1.29, 1.82) is 0 Å². The normalized spacial score (nSPS) is 12.7. The van der Waals surface area contributed by atoms with Gasteiger partial charge in [0.1, 0.15) is 17.6 Å². The van der Waals surface area contributed by atoms with E-state index in [0.29, 0.717) is 0 Å². The molecule has 0 radical (unpaired) electrons. The van der Waals surface area contributed by atoms with Crippen molar-refractivity contribution in [3.05, 3.63) is 20.8 Å². The molecule has 1 aromatic rings. The largest absolute Gasteiger partial charge is 0.385 e. The summed E-state index contributed by atoms with van der Waals surface area (Å²) < 4.78 is 30.1. The molecule has 1 rings (SSSR count). The maximum Gasteiger partial charge on any atom is 0.330 e. The first-order valence-corrected chi connectivity index (χ1v) is 5.70. The number of aliphatic hydroxyl groups is 1. The molecule has 0 fully saturated rings. The lowest BCUT2D eigenvalue weighted by Crippen LogP contribution is -2.36. The fraction of sp³-hybridized carbons (Fsp3) is 0.600. The number of alkyl halides is 2. The number of aliphatic hydroxyl groups excluding tert-OH is 1. The van der Waals surface area contributed by atoms with E-state index in [1.807, 2.05) is 4.98 Å². The fourth-order valence-electron chi connectivity index (χ4n) is 1.46. The van der Waals surface area contributed by atoms with Crippen LogP contribution in [0.3, 0.4) is 0 Å². The second-order valence-corrected chi connectivity index (χ2v) is 3.95. The topological polar surface area (TPSA) is 122 Å². The molecule has 1 atom stereocenters. The summed E-state index contributed by atoms with van der Waals surface area (Å²) in [7, 11) is 1.42. The number of rotatable bonds is 7. The number of nitrogen functional groups attached to an aromatic ring is 1. The van der Waals surface area contributed by atoms with Gasteiger partial charge in [-0.1, -0.05) is 0 Å². The molecule has 8 nitrogen and oxygen atoms in total. The van der Waals surface area contributed by atoms with Crippen LogP contribution in [0.25, 0.3) is 0 Å². The van der Waals surface area contributed by atoms with Gasteiger partial charge in [-0.25, -0.2) is 13.6 Å². The van der Waals surface area contributed by atoms with Gasteiger partial charge in [0.15, 0.2) is 0 Å². The maximum atomic E-state index is 12.2. The summed E-state index contributed by atoms with van der Waals surface area (Å²) in [5, 5.41) is 11.3. The minimum absolute atomic E-state index is 0.0873. The summed E-state index contributed by atoms with van der Waals surface area (Å²) in [6, 6.07) is 0. The number of halogens is 2. The van der Waals surface area contributed by atoms with E-state index in [2.05, 4.69) is 5.32 Å². The van der Waals surface area contributed by atoms with Gasteiger partial charge in [-0.15, -0.1) is 0 Å². The number of aromatic amines is 1. The van der Waals surface area contributed by atoms with Crippen molar-refractivity contribution in [1.82, 2.24) is 9.55 Å². The second-order valence-electron chi connectivity index (χ2n) is 3.95. The molecule has 1 unspecified atom stereocenters. The zero-order chi connectivity index (χ0) is 15.3. The summed E-state index contributed by atoms with van der Waals surface area (Å²) in [5.74, 6) is -0.211. The van der Waals surface area contributed by atoms with E-state index in [0.717, 1.165) is 4.57 Å². The van der Waals surface area contributed by atoms with Gasteiger partial charge in [0.25, 0.3) is 12.0 Å². The zero-order valence-electron chi connectivity index (χ0n) is 10.7. The Morgan fingerprint density at radius 3 is 2.70 bits per heavy atom. The first-order chi connectivity index (χ1) is 9.38. The van der Waals surface area contributed by atoms with E-state index >= 15 is 0 Å². The molecule has 5 N–H and O–H groups in total. The lowest BCUT2D eigenvalue weighted by Gasteiger charge is -2.15. The van der Waals surface area contributed by atoms with Crippen LogP contribution in [0.1, 0.15) is 0 Å². The predicted octanol–water partition coefficient (Wildman–Crippen LogP) is -1.20. The van der Waals surface area contributed by atoms with Crippen LogP contribution < -0.4 is 22.3 Å². The third kappa shape index (κ3) is 3.78. The highest BCUT2D eigenvalue weighted by atomic mass is 19.3. The molecule has 0 aliphatic heterocycles. The van der Waals surface area contributed by atoms with Gasteiger partial charge >= 0.3 is 5.69 Å². The van der Waals surface area contributed by atoms with E-state index in [1.165, 1.54) is 7.11 Å². The number of H-pyrrole nitrogens is 1. The minimum Gasteiger partial charge on any atom is -0.385 e. The first kappa shape index (κ1) is 16.1. The van der Waals surface area contributed by atoms with Crippen LogP contribution >= 0.6 is 0 Å². The quantitative estimate of drug-likeness (QED) is 0.501. The Balaban J connectivity index is 3.01. The van der Waals surface area contributed by atoms with Crippen LogP contribution in [-0.4, -0.2) is 47.4 Å². The zero-order valence-corrected chi connectivity index (χ0v) is 10.7. The van der Waals surface area contributed by atoms with E-state index in [-0.39, 0.29) is 24.7 Å². The van der Waals surface area contributed by atoms with Gasteiger partial charge < -0.3 is 20.9 Å². The lowest BCUT2D eigenvalue weighted by atomic mass is 10.3. The molecule has 10 heteroatoms. The van der Waals surface area contributed by atoms with E-state index in [1.54, 1.807) is 0 Å². The molecule has 20 heavy (non-hydrogen) atoms. The van der Waals surface area contributed by atoms with Gasteiger partial charge in [-0.05, 0) is 0 Å². The smallest absolute Gasteiger partial charge is 0.330 e. The second kappa shape index (κ2) is 7.01. The van der Waals surface area contributed by atoms with Gasteiger partial charge in [0.2, 0.25) is 0 Å². The van der Waals surface area contributed by atoms with Crippen LogP contribution in [0.15, 0.2) is 9.59 Å². The third-order valence-electron chi connectivity index (χ3n) is 2.54. The van der Waals surface area contributed by atoms with Crippen molar-refractivity contribution >= 4 is 11.5 Å². The van der Waals surface area contributed by atoms with Crippen molar-refractivity contribution in [2.45, 2.75) is 19.1 Å². The summed E-state index contributed by atoms with van der Waals surface area (Å²) in [6.07, 6.45) is -4.91. The van der Waals surface area contributed by atoms with Crippen molar-refractivity contribution in [2.24, 2.45) is 0 Å². The van der Waals surface area contributed by atoms with Gasteiger partial charge in [-0.3, -0.25) is 14.3 Å². The maximum absolute atomic E-state index is 12.2. The molecule has 0 bridgehead atoms. The molecule has 114 valence electrons. The summed E-state index contributed by atoms with van der Waals surface area (Å²) in [4.78, 5) is 25.1. The number of nitrogens with zero attached hydrogens (tertiary/aromatic N) is 1. The number of anilines is 2. The monoisotopic (exact) mass is 294 g/mol. The Kier molecular flexibility index (Phi) is 5.65. The highest BCUT2D eigenvalue weighted by molar-refractivity contribution is 5.60. The molecule has 0 aromatic carbocycles. The van der Waals surface area contributed by atoms with Crippen LogP contribution in [0.5, 0.6) is 0 Å². The predicted molar refractivity (Wildman–Crippen MR) is 68.1 cm³/mol. The molecule has 0 aliphatic carbocycles. The Bertz CT molecular complexity index is 557. The third-order valence-corrected chi connectivity index (χ3v) is 2.54. The average molecular weight is 294 g/mol. The van der Waals surface area contributed by atoms with Crippen LogP contribution in [0.2, 0.25) is 0 Å². The van der Waals surface area contributed by atoms with Gasteiger partial charge in [-0.2, -0.15) is 0 Å². The number of methoxy groups -OCH3 is 1. The molecule has 1 aromatic heterocycles. The standard InChI is InChI=1S/C10H16F2N4O4/c1-20-3-2-16-8(13)6(9(18)15-10(16)19)14-4-5(17)7(11)12/h5,7,14,17H,2-4,13H2,1H3,(H,15,18,19). The lowest BCUT2D eigenvalue weighted by molar-refractivity contribution is 0.00383. The molecule has 1 heterocycles. The molecular weight excluding hydrogens is 278 g/mol. The van der Waals surface area contributed by atoms with Crippen molar-refractivity contribution in [3.8, 4) is 0 Å². The highest BCUT2D eigenvalue weighted by Crippen LogP contribution is 2.11. The van der Waals surface area contributed by atoms with E-state index in [9.17, 15) is 18.4 Å². The number of ether oxygens (including phenoxy) is 1. The van der Waals surface area contributed by atoms with Gasteiger partial charge in [0.05, 0.1) is 13.2 Å². The van der Waals surface area contributed by atoms with E-state index in [4.69, 9.17) is 15.6 Å². The number of hydrogen-bond donors (Lipinski definition) is 4. The van der Waals surface area contributed by atoms with E-state index < -0.39 is 30.3 Å². The molecule has 0 saturated heterocycles. The van der Waals surface area contributed by atoms with Crippen LogP contribution in [0.4, 0.5) is 20.3 Å². The fourth-order valence-corrected chi connectivity index (χ4v) is 1.46. The van der Waals surface area contributed by atoms with Crippen LogP contribution in [0, 0.1) is 0 Å². The number of aromatic nitrogens is 2. The Morgan fingerprint density at radius 1 is 1.50 bits per heavy atom. The average Bonchev–Trinajstić information content (AvgIpc) is 2.37. The molecule has 0 spiro atoms. The molecular formula is C10H16F2N4O4. The molecule has 0 saturated carbocycles. The summed E-state index contributed by atoms with van der Waals surface area (Å²) in [6.45, 7) is -0.313. The number of hydrogen-bond acceptors (Lipinski definition) is 6. The molecule has 0 aliphatic rings. The molecule has 0 amide bonds. The Morgan fingerprint density at radius 2 is 2.15 bits per heavy atom. The Labute approximate surface area is 112 Å². The van der Waals surface area contributed by atoms with Crippen LogP contribution in [-0.2, 0) is 11.3 Å². The summed E-state index contributed by atoms with van der Waals surface area (Å²) >= 11 is 0. The minimum atomic E-state index is -2.96.